The fourth-order valence-corrected chi connectivity index (χ4v) is 3.22. The number of benzene rings is 2. The number of halogens is 1. The first-order valence-corrected chi connectivity index (χ1v) is 8.71. The lowest BCUT2D eigenvalue weighted by Crippen LogP contribution is -2.20. The first-order valence-electron chi connectivity index (χ1n) is 7.84. The third kappa shape index (κ3) is 4.61. The Bertz CT molecular complexity index is 900. The second-order valence-corrected chi connectivity index (χ2v) is 6.42. The lowest BCUT2D eigenvalue weighted by atomic mass is 10.1. The van der Waals surface area contributed by atoms with E-state index in [1.807, 2.05) is 23.6 Å². The molecule has 1 N–H and O–H groups in total. The number of aromatic nitrogens is 1. The predicted octanol–water partition coefficient (Wildman–Crippen LogP) is 4.59. The molecule has 0 radical (unpaired) electrons. The van der Waals surface area contributed by atoms with Crippen molar-refractivity contribution in [1.29, 1.82) is 0 Å². The van der Waals surface area contributed by atoms with Crippen LogP contribution in [-0.4, -0.2) is 10.9 Å². The van der Waals surface area contributed by atoms with E-state index in [0.717, 1.165) is 21.8 Å². The minimum atomic E-state index is -0.297. The van der Waals surface area contributed by atoms with E-state index >= 15 is 0 Å². The summed E-state index contributed by atoms with van der Waals surface area (Å²) < 4.78 is 12.8. The topological polar surface area (TPSA) is 42.0 Å². The van der Waals surface area contributed by atoms with Crippen molar-refractivity contribution in [1.82, 2.24) is 10.3 Å². The van der Waals surface area contributed by atoms with Gasteiger partial charge in [0, 0.05) is 17.0 Å². The number of amides is 1. The van der Waals surface area contributed by atoms with Gasteiger partial charge in [0.2, 0.25) is 5.91 Å². The molecule has 0 unspecified atom stereocenters. The van der Waals surface area contributed by atoms with Gasteiger partial charge in [-0.05, 0) is 36.3 Å². The molecule has 0 aliphatic carbocycles. The highest BCUT2D eigenvalue weighted by atomic mass is 32.1. The largest absolute Gasteiger partial charge is 0.347 e. The van der Waals surface area contributed by atoms with Gasteiger partial charge in [-0.25, -0.2) is 9.37 Å². The Labute approximate surface area is 149 Å². The van der Waals surface area contributed by atoms with Gasteiger partial charge in [0.15, 0.2) is 0 Å². The molecule has 3 aromatic rings. The number of nitrogens with one attached hydrogen (secondary N) is 1. The Morgan fingerprint density at radius 1 is 1.20 bits per heavy atom. The molecule has 0 spiro atoms. The van der Waals surface area contributed by atoms with Crippen LogP contribution in [0.25, 0.3) is 16.6 Å². The molecule has 126 valence electrons. The summed E-state index contributed by atoms with van der Waals surface area (Å²) in [7, 11) is 0. The summed E-state index contributed by atoms with van der Waals surface area (Å²) >= 11 is 1.56. The Morgan fingerprint density at radius 2 is 1.96 bits per heavy atom. The van der Waals surface area contributed by atoms with Gasteiger partial charge in [0.1, 0.15) is 10.8 Å². The number of rotatable bonds is 5. The van der Waals surface area contributed by atoms with Crippen molar-refractivity contribution < 1.29 is 9.18 Å². The third-order valence-corrected chi connectivity index (χ3v) is 4.59. The molecule has 25 heavy (non-hydrogen) atoms. The van der Waals surface area contributed by atoms with Crippen molar-refractivity contribution in [2.45, 2.75) is 13.5 Å². The predicted molar refractivity (Wildman–Crippen MR) is 99.6 cm³/mol. The zero-order chi connectivity index (χ0) is 17.6. The quantitative estimate of drug-likeness (QED) is 0.683. The molecule has 0 saturated heterocycles. The first kappa shape index (κ1) is 17.0. The van der Waals surface area contributed by atoms with Crippen LogP contribution in [0, 0.1) is 12.7 Å². The van der Waals surface area contributed by atoms with Crippen LogP contribution in [0.15, 0.2) is 60.0 Å². The maximum Gasteiger partial charge on any atom is 0.244 e. The molecular formula is C20H17FN2OS. The molecule has 3 nitrogen and oxygen atoms in total. The Balaban J connectivity index is 1.58. The fraction of sp³-hybridized carbons (Fsp3) is 0.100. The molecule has 3 rings (SSSR count). The first-order chi connectivity index (χ1) is 12.1. The Morgan fingerprint density at radius 3 is 2.72 bits per heavy atom. The molecule has 1 heterocycles. The van der Waals surface area contributed by atoms with E-state index in [-0.39, 0.29) is 11.7 Å². The SMILES string of the molecule is Cc1ccccc1-c1nc(CNC(=O)/C=C/c2ccc(F)cc2)cs1. The fourth-order valence-electron chi connectivity index (χ4n) is 2.31. The minimum absolute atomic E-state index is 0.213. The molecule has 2 aromatic carbocycles. The van der Waals surface area contributed by atoms with Crippen LogP contribution in [0.1, 0.15) is 16.8 Å². The highest BCUT2D eigenvalue weighted by Gasteiger charge is 2.07. The number of hydrogen-bond donors (Lipinski definition) is 1. The number of carbonyl (C=O) groups excluding carboxylic acids is 1. The lowest BCUT2D eigenvalue weighted by Gasteiger charge is -2.01. The van der Waals surface area contributed by atoms with E-state index in [4.69, 9.17) is 0 Å². The van der Waals surface area contributed by atoms with Crippen LogP contribution < -0.4 is 5.32 Å². The van der Waals surface area contributed by atoms with Crippen molar-refractivity contribution >= 4 is 23.3 Å². The van der Waals surface area contributed by atoms with Crippen LogP contribution in [0.5, 0.6) is 0 Å². The second-order valence-electron chi connectivity index (χ2n) is 5.56. The zero-order valence-corrected chi connectivity index (χ0v) is 14.5. The van der Waals surface area contributed by atoms with Crippen LogP contribution in [0.2, 0.25) is 0 Å². The molecule has 0 bridgehead atoms. The zero-order valence-electron chi connectivity index (χ0n) is 13.7. The van der Waals surface area contributed by atoms with E-state index in [1.165, 1.54) is 23.8 Å². The molecule has 0 aliphatic heterocycles. The van der Waals surface area contributed by atoms with Gasteiger partial charge >= 0.3 is 0 Å². The normalized spacial score (nSPS) is 11.0. The van der Waals surface area contributed by atoms with Gasteiger partial charge < -0.3 is 5.32 Å². The maximum atomic E-state index is 12.8. The molecule has 0 saturated carbocycles. The number of aryl methyl sites for hydroxylation is 1. The maximum absolute atomic E-state index is 12.8. The summed E-state index contributed by atoms with van der Waals surface area (Å²) in [5.41, 5.74) is 3.88. The summed E-state index contributed by atoms with van der Waals surface area (Å²) in [6, 6.07) is 14.1. The number of carbonyl (C=O) groups is 1. The lowest BCUT2D eigenvalue weighted by molar-refractivity contribution is -0.116. The summed E-state index contributed by atoms with van der Waals surface area (Å²) in [5.74, 6) is -0.510. The van der Waals surface area contributed by atoms with Gasteiger partial charge in [-0.1, -0.05) is 36.4 Å². The molecule has 0 aliphatic rings. The monoisotopic (exact) mass is 352 g/mol. The molecular weight excluding hydrogens is 335 g/mol. The van der Waals surface area contributed by atoms with Gasteiger partial charge in [0.25, 0.3) is 0 Å². The van der Waals surface area contributed by atoms with Crippen LogP contribution >= 0.6 is 11.3 Å². The Kier molecular flexibility index (Phi) is 5.36. The summed E-state index contributed by atoms with van der Waals surface area (Å²) in [4.78, 5) is 16.5. The van der Waals surface area contributed by atoms with Gasteiger partial charge in [-0.15, -0.1) is 11.3 Å². The molecule has 5 heteroatoms. The minimum Gasteiger partial charge on any atom is -0.347 e. The summed E-state index contributed by atoms with van der Waals surface area (Å²) in [6.45, 7) is 2.42. The average molecular weight is 352 g/mol. The van der Waals surface area contributed by atoms with Crippen molar-refractivity contribution in [2.24, 2.45) is 0 Å². The number of hydrogen-bond acceptors (Lipinski definition) is 3. The van der Waals surface area contributed by atoms with Crippen molar-refractivity contribution in [3.63, 3.8) is 0 Å². The smallest absolute Gasteiger partial charge is 0.244 e. The van der Waals surface area contributed by atoms with E-state index in [9.17, 15) is 9.18 Å². The molecule has 0 atom stereocenters. The summed E-state index contributed by atoms with van der Waals surface area (Å²) in [6.07, 6.45) is 3.08. The van der Waals surface area contributed by atoms with E-state index in [2.05, 4.69) is 23.3 Å². The number of thiazole rings is 1. The highest BCUT2D eigenvalue weighted by molar-refractivity contribution is 7.13. The van der Waals surface area contributed by atoms with Gasteiger partial charge in [-0.3, -0.25) is 4.79 Å². The third-order valence-electron chi connectivity index (χ3n) is 3.67. The number of nitrogens with zero attached hydrogens (tertiary/aromatic N) is 1. The Hall–Kier alpha value is -2.79. The van der Waals surface area contributed by atoms with E-state index in [1.54, 1.807) is 29.5 Å². The van der Waals surface area contributed by atoms with Crippen molar-refractivity contribution in [3.05, 3.63) is 82.6 Å². The molecule has 1 amide bonds. The van der Waals surface area contributed by atoms with Crippen LogP contribution in [0.4, 0.5) is 4.39 Å². The molecule has 0 fully saturated rings. The van der Waals surface area contributed by atoms with E-state index in [0.29, 0.717) is 6.54 Å². The second kappa shape index (κ2) is 7.85. The van der Waals surface area contributed by atoms with Crippen molar-refractivity contribution in [3.8, 4) is 10.6 Å². The van der Waals surface area contributed by atoms with Gasteiger partial charge in [0.05, 0.1) is 12.2 Å². The van der Waals surface area contributed by atoms with Crippen LogP contribution in [0.3, 0.4) is 0 Å². The average Bonchev–Trinajstić information content (AvgIpc) is 3.08. The van der Waals surface area contributed by atoms with Crippen molar-refractivity contribution in [2.75, 3.05) is 0 Å². The highest BCUT2D eigenvalue weighted by Crippen LogP contribution is 2.26. The van der Waals surface area contributed by atoms with Gasteiger partial charge in [-0.2, -0.15) is 0 Å². The molecule has 1 aromatic heterocycles. The van der Waals surface area contributed by atoms with E-state index < -0.39 is 0 Å². The van der Waals surface area contributed by atoms with Crippen LogP contribution in [-0.2, 0) is 11.3 Å². The standard InChI is InChI=1S/C20H17FN2OS/c1-14-4-2-3-5-18(14)20-23-17(13-25-20)12-22-19(24)11-8-15-6-9-16(21)10-7-15/h2-11,13H,12H2,1H3,(H,22,24)/b11-8+. The summed E-state index contributed by atoms with van der Waals surface area (Å²) in [5, 5.41) is 5.70.